The van der Waals surface area contributed by atoms with Crippen molar-refractivity contribution in [1.82, 2.24) is 15.2 Å². The van der Waals surface area contributed by atoms with Gasteiger partial charge in [-0.15, -0.1) is 35.3 Å². The molecule has 0 saturated carbocycles. The predicted octanol–water partition coefficient (Wildman–Crippen LogP) is 2.93. The second-order valence-corrected chi connectivity index (χ2v) is 6.27. The first-order valence-corrected chi connectivity index (χ1v) is 8.68. The van der Waals surface area contributed by atoms with Crippen molar-refractivity contribution in [2.75, 3.05) is 26.7 Å². The molecule has 0 aliphatic heterocycles. The maximum absolute atomic E-state index is 10.2. The molecule has 0 aromatic carbocycles. The van der Waals surface area contributed by atoms with Gasteiger partial charge in [-0.3, -0.25) is 9.98 Å². The number of thiophene rings is 1. The molecule has 0 fully saturated rings. The minimum absolute atomic E-state index is 0. The highest BCUT2D eigenvalue weighted by molar-refractivity contribution is 14.0. The fraction of sp³-hybridized carbons (Fsp3) is 0.412. The molecule has 1 atom stereocenters. The molecule has 0 aliphatic rings. The molecular weight excluding hydrogens is 435 g/mol. The second-order valence-electron chi connectivity index (χ2n) is 5.24. The molecule has 0 aliphatic carbocycles. The Morgan fingerprint density at radius 2 is 2.12 bits per heavy atom. The van der Waals surface area contributed by atoms with E-state index in [1.807, 2.05) is 26.1 Å². The van der Waals surface area contributed by atoms with Gasteiger partial charge >= 0.3 is 0 Å². The molecule has 1 unspecified atom stereocenters. The average molecular weight is 460 g/mol. The fourth-order valence-corrected chi connectivity index (χ4v) is 2.87. The number of aliphatic imine (C=N–C) groups is 1. The van der Waals surface area contributed by atoms with Crippen molar-refractivity contribution in [3.63, 3.8) is 0 Å². The number of pyridine rings is 1. The molecule has 5 nitrogen and oxygen atoms in total. The van der Waals surface area contributed by atoms with Crippen molar-refractivity contribution in [3.05, 3.63) is 52.5 Å². The number of hydrogen-bond donors (Lipinski definition) is 2. The summed E-state index contributed by atoms with van der Waals surface area (Å²) in [5.41, 5.74) is 0.834. The zero-order valence-electron chi connectivity index (χ0n) is 14.1. The number of aliphatic hydroxyl groups excluding tert-OH is 1. The number of nitrogens with zero attached hydrogens (tertiary/aromatic N) is 3. The number of guanidine groups is 1. The molecule has 24 heavy (non-hydrogen) atoms. The minimum Gasteiger partial charge on any atom is -0.386 e. The summed E-state index contributed by atoms with van der Waals surface area (Å²) in [6, 6.07) is 7.85. The Balaban J connectivity index is 0.00000288. The molecular formula is C17H25IN4OS. The van der Waals surface area contributed by atoms with Gasteiger partial charge in [0.05, 0.1) is 12.6 Å². The quantitative estimate of drug-likeness (QED) is 0.379. The van der Waals surface area contributed by atoms with E-state index in [0.717, 1.165) is 31.0 Å². The summed E-state index contributed by atoms with van der Waals surface area (Å²) >= 11 is 1.77. The molecule has 7 heteroatoms. The van der Waals surface area contributed by atoms with E-state index in [9.17, 15) is 5.11 Å². The third-order valence-electron chi connectivity index (χ3n) is 3.48. The monoisotopic (exact) mass is 460 g/mol. The summed E-state index contributed by atoms with van der Waals surface area (Å²) < 4.78 is 0. The van der Waals surface area contributed by atoms with Crippen LogP contribution in [0.2, 0.25) is 0 Å². The van der Waals surface area contributed by atoms with Crippen LogP contribution < -0.4 is 5.32 Å². The first kappa shape index (κ1) is 20.9. The van der Waals surface area contributed by atoms with Gasteiger partial charge in [-0.2, -0.15) is 0 Å². The van der Waals surface area contributed by atoms with Crippen molar-refractivity contribution in [3.8, 4) is 0 Å². The van der Waals surface area contributed by atoms with Gasteiger partial charge in [0, 0.05) is 37.4 Å². The van der Waals surface area contributed by atoms with Crippen molar-refractivity contribution in [2.24, 2.45) is 4.99 Å². The number of aromatic nitrogens is 1. The van der Waals surface area contributed by atoms with Crippen molar-refractivity contribution in [2.45, 2.75) is 19.4 Å². The highest BCUT2D eigenvalue weighted by atomic mass is 127. The van der Waals surface area contributed by atoms with E-state index < -0.39 is 6.10 Å². The number of rotatable bonds is 7. The van der Waals surface area contributed by atoms with Gasteiger partial charge in [0.15, 0.2) is 5.96 Å². The highest BCUT2D eigenvalue weighted by Crippen LogP contribution is 2.12. The van der Waals surface area contributed by atoms with Crippen LogP contribution in [0.15, 0.2) is 47.0 Å². The van der Waals surface area contributed by atoms with Crippen molar-refractivity contribution < 1.29 is 5.11 Å². The molecule has 0 bridgehead atoms. The van der Waals surface area contributed by atoms with Gasteiger partial charge in [-0.1, -0.05) is 6.07 Å². The average Bonchev–Trinajstić information content (AvgIpc) is 3.10. The van der Waals surface area contributed by atoms with Crippen molar-refractivity contribution >= 4 is 41.3 Å². The van der Waals surface area contributed by atoms with Crippen LogP contribution in [0.4, 0.5) is 0 Å². The summed E-state index contributed by atoms with van der Waals surface area (Å²) in [7, 11) is 2.02. The topological polar surface area (TPSA) is 60.8 Å². The number of aliphatic hydroxyl groups is 1. The Labute approximate surface area is 164 Å². The smallest absolute Gasteiger partial charge is 0.193 e. The highest BCUT2D eigenvalue weighted by Gasteiger charge is 2.10. The predicted molar refractivity (Wildman–Crippen MR) is 111 cm³/mol. The van der Waals surface area contributed by atoms with Crippen LogP contribution in [-0.2, 0) is 6.42 Å². The van der Waals surface area contributed by atoms with E-state index in [-0.39, 0.29) is 24.0 Å². The first-order chi connectivity index (χ1) is 11.2. The molecule has 2 aromatic heterocycles. The van der Waals surface area contributed by atoms with E-state index in [4.69, 9.17) is 0 Å². The molecule has 132 valence electrons. The zero-order valence-corrected chi connectivity index (χ0v) is 17.2. The van der Waals surface area contributed by atoms with Crippen LogP contribution in [-0.4, -0.2) is 47.6 Å². The van der Waals surface area contributed by atoms with E-state index in [1.165, 1.54) is 4.88 Å². The summed E-state index contributed by atoms with van der Waals surface area (Å²) in [5, 5.41) is 15.6. The molecule has 0 saturated heterocycles. The largest absolute Gasteiger partial charge is 0.386 e. The minimum atomic E-state index is -0.614. The van der Waals surface area contributed by atoms with Crippen molar-refractivity contribution in [1.29, 1.82) is 0 Å². The van der Waals surface area contributed by atoms with Gasteiger partial charge in [-0.25, -0.2) is 0 Å². The molecule has 2 N–H and O–H groups in total. The lowest BCUT2D eigenvalue weighted by molar-refractivity contribution is 0.186. The Hall–Kier alpha value is -1.19. The molecule has 0 amide bonds. The third-order valence-corrected chi connectivity index (χ3v) is 4.41. The Kier molecular flexibility index (Phi) is 9.89. The number of nitrogens with one attached hydrogen (secondary N) is 1. The van der Waals surface area contributed by atoms with Gasteiger partial charge in [0.2, 0.25) is 0 Å². The molecule has 0 spiro atoms. The normalized spacial score (nSPS) is 12.4. The molecule has 0 radical (unpaired) electrons. The summed E-state index contributed by atoms with van der Waals surface area (Å²) in [6.07, 6.45) is 3.74. The maximum atomic E-state index is 10.2. The lowest BCUT2D eigenvalue weighted by Gasteiger charge is -2.22. The van der Waals surface area contributed by atoms with Crippen LogP contribution in [0.1, 0.15) is 23.5 Å². The van der Waals surface area contributed by atoms with Crippen LogP contribution in [0.25, 0.3) is 0 Å². The number of halogens is 1. The van der Waals surface area contributed by atoms with Crippen LogP contribution in [0, 0.1) is 0 Å². The van der Waals surface area contributed by atoms with E-state index in [2.05, 4.69) is 37.7 Å². The molecule has 2 heterocycles. The number of likely N-dealkylation sites (N-methyl/N-ethyl adjacent to an activating group) is 1. The fourth-order valence-electron chi connectivity index (χ4n) is 2.17. The van der Waals surface area contributed by atoms with Gasteiger partial charge < -0.3 is 15.3 Å². The Bertz CT molecular complexity index is 592. The Morgan fingerprint density at radius 3 is 2.75 bits per heavy atom. The lowest BCUT2D eigenvalue weighted by Crippen LogP contribution is -2.40. The third kappa shape index (κ3) is 6.74. The maximum Gasteiger partial charge on any atom is 0.193 e. The molecule has 2 aromatic rings. The number of hydrogen-bond acceptors (Lipinski definition) is 4. The summed E-state index contributed by atoms with van der Waals surface area (Å²) in [4.78, 5) is 12.0. The second kappa shape index (κ2) is 11.4. The van der Waals surface area contributed by atoms with Gasteiger partial charge in [-0.05, 0) is 42.5 Å². The first-order valence-electron chi connectivity index (χ1n) is 7.80. The summed E-state index contributed by atoms with van der Waals surface area (Å²) in [6.45, 7) is 4.06. The van der Waals surface area contributed by atoms with E-state index >= 15 is 0 Å². The van der Waals surface area contributed by atoms with Crippen LogP contribution in [0.5, 0.6) is 0 Å². The standard InChI is InChI=1S/C17H24N4OS.HI/c1-3-19-17(21(2)11-8-15-5-4-12-23-15)20-13-16(22)14-6-9-18-10-7-14;/h4-7,9-10,12,16,22H,3,8,11,13H2,1-2H3,(H,19,20);1H. The van der Waals surface area contributed by atoms with Crippen LogP contribution >= 0.6 is 35.3 Å². The van der Waals surface area contributed by atoms with E-state index in [1.54, 1.807) is 23.7 Å². The van der Waals surface area contributed by atoms with Crippen LogP contribution in [0.3, 0.4) is 0 Å². The lowest BCUT2D eigenvalue weighted by atomic mass is 10.1. The van der Waals surface area contributed by atoms with Gasteiger partial charge in [0.1, 0.15) is 0 Å². The summed E-state index contributed by atoms with van der Waals surface area (Å²) in [5.74, 6) is 0.817. The Morgan fingerprint density at radius 1 is 1.38 bits per heavy atom. The SMILES string of the molecule is CCNC(=NCC(O)c1ccncc1)N(C)CCc1cccs1.I. The zero-order chi connectivity index (χ0) is 16.5. The van der Waals surface area contributed by atoms with E-state index in [0.29, 0.717) is 6.54 Å². The van der Waals surface area contributed by atoms with Gasteiger partial charge in [0.25, 0.3) is 0 Å². The molecule has 2 rings (SSSR count).